The van der Waals surface area contributed by atoms with E-state index in [-0.39, 0.29) is 5.95 Å². The zero-order valence-electron chi connectivity index (χ0n) is 12.8. The van der Waals surface area contributed by atoms with Gasteiger partial charge in [-0.1, -0.05) is 30.3 Å². The van der Waals surface area contributed by atoms with Crippen LogP contribution in [0.1, 0.15) is 0 Å². The number of pyridine rings is 1. The second-order valence-electron chi connectivity index (χ2n) is 4.98. The number of rotatable bonds is 3. The maximum absolute atomic E-state index is 11.0. The Kier molecular flexibility index (Phi) is 4.02. The van der Waals surface area contributed by atoms with Crippen molar-refractivity contribution < 1.29 is 9.90 Å². The molecule has 1 aromatic carbocycles. The molecular weight excluding hydrogens is 308 g/mol. The number of hydrogen-bond donors (Lipinski definition) is 2. The number of carbonyl (C=O) groups is 1. The molecule has 0 aliphatic carbocycles. The van der Waals surface area contributed by atoms with Crippen LogP contribution in [0.4, 0.5) is 16.6 Å². The van der Waals surface area contributed by atoms with Crippen LogP contribution in [0.15, 0.2) is 48.7 Å². The fourth-order valence-electron chi connectivity index (χ4n) is 2.15. The summed E-state index contributed by atoms with van der Waals surface area (Å²) in [6.45, 7) is 0. The predicted molar refractivity (Wildman–Crippen MR) is 89.3 cm³/mol. The molecule has 2 heterocycles. The smallest absolute Gasteiger partial charge is 0.412 e. The molecule has 0 fully saturated rings. The first-order valence-electron chi connectivity index (χ1n) is 7.05. The Morgan fingerprint density at radius 1 is 1.04 bits per heavy atom. The van der Waals surface area contributed by atoms with Crippen molar-refractivity contribution in [1.29, 1.82) is 0 Å². The van der Waals surface area contributed by atoms with Crippen LogP contribution in [0.5, 0.6) is 0 Å². The maximum Gasteiger partial charge on any atom is 0.412 e. The Labute approximate surface area is 137 Å². The van der Waals surface area contributed by atoms with Gasteiger partial charge in [0.15, 0.2) is 0 Å². The zero-order chi connectivity index (χ0) is 17.1. The fourth-order valence-corrected chi connectivity index (χ4v) is 2.15. The molecule has 3 rings (SSSR count). The summed E-state index contributed by atoms with van der Waals surface area (Å²) >= 11 is 0. The van der Waals surface area contributed by atoms with Crippen LogP contribution in [0, 0.1) is 0 Å². The first-order valence-corrected chi connectivity index (χ1v) is 7.05. The summed E-state index contributed by atoms with van der Waals surface area (Å²) in [5.74, 6) is 0.386. The number of aromatic nitrogens is 4. The van der Waals surface area contributed by atoms with Gasteiger partial charge < -0.3 is 10.8 Å². The third-order valence-electron chi connectivity index (χ3n) is 3.40. The molecule has 0 saturated carbocycles. The summed E-state index contributed by atoms with van der Waals surface area (Å²) in [7, 11) is 1.42. The van der Waals surface area contributed by atoms with Gasteiger partial charge in [0.2, 0.25) is 5.95 Å². The van der Waals surface area contributed by atoms with Gasteiger partial charge in [0.25, 0.3) is 0 Å². The van der Waals surface area contributed by atoms with Gasteiger partial charge in [-0.15, -0.1) is 10.2 Å². The molecule has 3 N–H and O–H groups in total. The molecule has 120 valence electrons. The normalized spacial score (nSPS) is 10.4. The predicted octanol–water partition coefficient (Wildman–Crippen LogP) is 2.30. The molecule has 24 heavy (non-hydrogen) atoms. The lowest BCUT2D eigenvalue weighted by Gasteiger charge is -2.12. The van der Waals surface area contributed by atoms with E-state index >= 15 is 0 Å². The van der Waals surface area contributed by atoms with Gasteiger partial charge in [0.05, 0.1) is 0 Å². The van der Waals surface area contributed by atoms with Gasteiger partial charge in [-0.2, -0.15) is 0 Å². The quantitative estimate of drug-likeness (QED) is 0.759. The second kappa shape index (κ2) is 6.29. The molecule has 0 saturated heterocycles. The highest BCUT2D eigenvalue weighted by molar-refractivity contribution is 5.84. The lowest BCUT2D eigenvalue weighted by atomic mass is 10.1. The molecule has 0 radical (unpaired) electrons. The molecule has 0 aliphatic heterocycles. The third-order valence-corrected chi connectivity index (χ3v) is 3.40. The van der Waals surface area contributed by atoms with Crippen LogP contribution < -0.4 is 10.6 Å². The number of amides is 1. The molecule has 0 atom stereocenters. The van der Waals surface area contributed by atoms with Crippen LogP contribution in [0.3, 0.4) is 0 Å². The Bertz CT molecular complexity index is 867. The van der Waals surface area contributed by atoms with Gasteiger partial charge in [0.1, 0.15) is 17.2 Å². The summed E-state index contributed by atoms with van der Waals surface area (Å²) in [6.07, 6.45) is 0.442. The largest absolute Gasteiger partial charge is 0.465 e. The van der Waals surface area contributed by atoms with E-state index in [0.717, 1.165) is 10.5 Å². The number of benzene rings is 1. The summed E-state index contributed by atoms with van der Waals surface area (Å²) < 4.78 is 0. The first-order chi connectivity index (χ1) is 11.6. The average Bonchev–Trinajstić information content (AvgIpc) is 2.62. The van der Waals surface area contributed by atoms with E-state index in [1.807, 2.05) is 30.3 Å². The van der Waals surface area contributed by atoms with Gasteiger partial charge >= 0.3 is 6.09 Å². The number of carboxylic acid groups (broad SMARTS) is 1. The summed E-state index contributed by atoms with van der Waals surface area (Å²) in [4.78, 5) is 20.4. The number of nitrogens with two attached hydrogens (primary N) is 1. The Hall–Kier alpha value is -3.55. The van der Waals surface area contributed by atoms with Crippen LogP contribution in [-0.4, -0.2) is 38.4 Å². The van der Waals surface area contributed by atoms with Crippen molar-refractivity contribution in [3.8, 4) is 22.5 Å². The van der Waals surface area contributed by atoms with Crippen molar-refractivity contribution in [2.24, 2.45) is 0 Å². The topological polar surface area (TPSA) is 118 Å². The molecule has 0 unspecified atom stereocenters. The van der Waals surface area contributed by atoms with Gasteiger partial charge in [-0.3, -0.25) is 4.90 Å². The van der Waals surface area contributed by atoms with Crippen molar-refractivity contribution in [3.05, 3.63) is 48.7 Å². The Morgan fingerprint density at radius 2 is 1.79 bits per heavy atom. The lowest BCUT2D eigenvalue weighted by Crippen LogP contribution is -2.24. The molecule has 2 aromatic heterocycles. The minimum atomic E-state index is -1.09. The van der Waals surface area contributed by atoms with Crippen molar-refractivity contribution in [2.75, 3.05) is 17.7 Å². The molecule has 0 bridgehead atoms. The number of nitrogens with zero attached hydrogens (tertiary/aromatic N) is 5. The molecule has 3 aromatic rings. The molecule has 0 spiro atoms. The SMILES string of the molecule is CN(C(=O)O)c1ccc(-c2nnc(N)nc2-c2ccccc2)cn1. The van der Waals surface area contributed by atoms with Crippen molar-refractivity contribution in [2.45, 2.75) is 0 Å². The monoisotopic (exact) mass is 322 g/mol. The summed E-state index contributed by atoms with van der Waals surface area (Å²) in [5.41, 5.74) is 8.29. The average molecular weight is 322 g/mol. The van der Waals surface area contributed by atoms with E-state index in [1.54, 1.807) is 12.1 Å². The van der Waals surface area contributed by atoms with E-state index < -0.39 is 6.09 Å². The van der Waals surface area contributed by atoms with Crippen LogP contribution in [0.25, 0.3) is 22.5 Å². The molecule has 8 heteroatoms. The van der Waals surface area contributed by atoms with Crippen LogP contribution >= 0.6 is 0 Å². The summed E-state index contributed by atoms with van der Waals surface area (Å²) in [6, 6.07) is 12.8. The third kappa shape index (κ3) is 2.98. The standard InChI is InChI=1S/C16H14N6O2/c1-22(16(23)24)12-8-7-11(9-18-12)14-13(19-15(17)21-20-14)10-5-3-2-4-6-10/h2-9H,1H3,(H,23,24)(H2,17,19,21). The zero-order valence-corrected chi connectivity index (χ0v) is 12.8. The van der Waals surface area contributed by atoms with Gasteiger partial charge in [-0.05, 0) is 12.1 Å². The van der Waals surface area contributed by atoms with Crippen LogP contribution in [-0.2, 0) is 0 Å². The van der Waals surface area contributed by atoms with E-state index in [2.05, 4.69) is 20.2 Å². The highest BCUT2D eigenvalue weighted by Gasteiger charge is 2.14. The highest BCUT2D eigenvalue weighted by atomic mass is 16.4. The van der Waals surface area contributed by atoms with Crippen molar-refractivity contribution in [3.63, 3.8) is 0 Å². The van der Waals surface area contributed by atoms with E-state index in [9.17, 15) is 4.79 Å². The maximum atomic E-state index is 11.0. The van der Waals surface area contributed by atoms with Crippen molar-refractivity contribution in [1.82, 2.24) is 20.2 Å². The molecular formula is C16H14N6O2. The first kappa shape index (κ1) is 15.3. The fraction of sp³-hybridized carbons (Fsp3) is 0.0625. The number of nitrogen functional groups attached to an aromatic ring is 1. The van der Waals surface area contributed by atoms with Gasteiger partial charge in [0, 0.05) is 24.4 Å². The number of hydrogen-bond acceptors (Lipinski definition) is 6. The molecule has 1 amide bonds. The van der Waals surface area contributed by atoms with E-state index in [1.165, 1.54) is 13.2 Å². The summed E-state index contributed by atoms with van der Waals surface area (Å²) in [5, 5.41) is 16.9. The Morgan fingerprint density at radius 3 is 2.42 bits per heavy atom. The van der Waals surface area contributed by atoms with Crippen molar-refractivity contribution >= 4 is 17.9 Å². The number of anilines is 2. The van der Waals surface area contributed by atoms with E-state index in [0.29, 0.717) is 22.8 Å². The minimum Gasteiger partial charge on any atom is -0.465 e. The second-order valence-corrected chi connectivity index (χ2v) is 4.98. The molecule has 0 aliphatic rings. The minimum absolute atomic E-state index is 0.0767. The van der Waals surface area contributed by atoms with Gasteiger partial charge in [-0.25, -0.2) is 14.8 Å². The van der Waals surface area contributed by atoms with E-state index in [4.69, 9.17) is 10.8 Å². The van der Waals surface area contributed by atoms with Crippen LogP contribution in [0.2, 0.25) is 0 Å². The lowest BCUT2D eigenvalue weighted by molar-refractivity contribution is 0.203. The molecule has 8 nitrogen and oxygen atoms in total. The highest BCUT2D eigenvalue weighted by Crippen LogP contribution is 2.28. The Balaban J connectivity index is 2.05.